The van der Waals surface area contributed by atoms with Gasteiger partial charge in [0.1, 0.15) is 5.60 Å². The lowest BCUT2D eigenvalue weighted by molar-refractivity contribution is 0.0474. The van der Waals surface area contributed by atoms with Gasteiger partial charge in [0.25, 0.3) is 0 Å². The molecule has 1 amide bonds. The molecule has 4 heteroatoms. The molecule has 1 N–H and O–H groups in total. The van der Waals surface area contributed by atoms with E-state index in [1.807, 2.05) is 20.8 Å². The molecule has 1 saturated carbocycles. The molecule has 24 heavy (non-hydrogen) atoms. The Balaban J connectivity index is 1.58. The van der Waals surface area contributed by atoms with E-state index in [2.05, 4.69) is 47.5 Å². The van der Waals surface area contributed by atoms with Crippen molar-refractivity contribution in [3.8, 4) is 0 Å². The summed E-state index contributed by atoms with van der Waals surface area (Å²) in [7, 11) is 0. The molecule has 0 bridgehead atoms. The van der Waals surface area contributed by atoms with E-state index >= 15 is 0 Å². The van der Waals surface area contributed by atoms with Gasteiger partial charge in [-0.1, -0.05) is 30.3 Å². The van der Waals surface area contributed by atoms with E-state index < -0.39 is 5.60 Å². The van der Waals surface area contributed by atoms with Gasteiger partial charge >= 0.3 is 6.09 Å². The molecule has 132 valence electrons. The van der Waals surface area contributed by atoms with Crippen LogP contribution in [0.3, 0.4) is 0 Å². The second kappa shape index (κ2) is 6.40. The molecule has 2 aliphatic rings. The molecule has 0 aromatic heterocycles. The lowest BCUT2D eigenvalue weighted by atomic mass is 9.96. The normalized spacial score (nSPS) is 24.4. The second-order valence-electron chi connectivity index (χ2n) is 8.35. The van der Waals surface area contributed by atoms with Crippen molar-refractivity contribution >= 4 is 6.09 Å². The Kier molecular flexibility index (Phi) is 4.60. The standard InChI is InChI=1S/C20H30N2O2/c1-15(16-8-6-5-7-9-16)22-13-10-17(14-22)20(11-12-20)21-18(23)24-19(2,3)4/h5-9,15,17H,10-14H2,1-4H3,(H,21,23)/t15-,17+/m0/s1. The molecule has 2 atom stereocenters. The predicted octanol–water partition coefficient (Wildman–Crippen LogP) is 4.13. The number of likely N-dealkylation sites (tertiary alicyclic amines) is 1. The molecular weight excluding hydrogens is 300 g/mol. The van der Waals surface area contributed by atoms with E-state index in [0.717, 1.165) is 32.4 Å². The number of hydrogen-bond acceptors (Lipinski definition) is 3. The van der Waals surface area contributed by atoms with E-state index in [4.69, 9.17) is 4.74 Å². The summed E-state index contributed by atoms with van der Waals surface area (Å²) in [6.45, 7) is 10.1. The Morgan fingerprint density at radius 1 is 1.29 bits per heavy atom. The number of ether oxygens (including phenoxy) is 1. The number of benzene rings is 1. The number of rotatable bonds is 4. The molecule has 3 rings (SSSR count). The van der Waals surface area contributed by atoms with Gasteiger partial charge in [0.15, 0.2) is 0 Å². The Labute approximate surface area is 145 Å². The van der Waals surface area contributed by atoms with Crippen molar-refractivity contribution in [2.45, 2.75) is 64.1 Å². The first-order chi connectivity index (χ1) is 11.3. The number of amides is 1. The van der Waals surface area contributed by atoms with Crippen LogP contribution in [0.2, 0.25) is 0 Å². The minimum absolute atomic E-state index is 0.0342. The Hall–Kier alpha value is -1.55. The first kappa shape index (κ1) is 17.3. The van der Waals surface area contributed by atoms with Gasteiger partial charge in [-0.25, -0.2) is 4.79 Å². The third-order valence-corrected chi connectivity index (χ3v) is 5.37. The van der Waals surface area contributed by atoms with Gasteiger partial charge < -0.3 is 10.1 Å². The Bertz CT molecular complexity index is 575. The molecule has 1 aliphatic heterocycles. The van der Waals surface area contributed by atoms with Crippen LogP contribution in [-0.2, 0) is 4.74 Å². The summed E-state index contributed by atoms with van der Waals surface area (Å²) in [5.41, 5.74) is 0.889. The first-order valence-electron chi connectivity index (χ1n) is 9.09. The molecule has 1 saturated heterocycles. The number of nitrogens with one attached hydrogen (secondary N) is 1. The highest BCUT2D eigenvalue weighted by molar-refractivity contribution is 5.69. The largest absolute Gasteiger partial charge is 0.444 e. The van der Waals surface area contributed by atoms with E-state index in [-0.39, 0.29) is 11.6 Å². The van der Waals surface area contributed by atoms with Gasteiger partial charge in [-0.05, 0) is 65.0 Å². The fourth-order valence-electron chi connectivity index (χ4n) is 3.81. The molecule has 0 unspecified atom stereocenters. The topological polar surface area (TPSA) is 41.6 Å². The second-order valence-corrected chi connectivity index (χ2v) is 8.35. The average molecular weight is 330 g/mol. The van der Waals surface area contributed by atoms with Gasteiger partial charge in [0.05, 0.1) is 0 Å². The fourth-order valence-corrected chi connectivity index (χ4v) is 3.81. The monoisotopic (exact) mass is 330 g/mol. The summed E-state index contributed by atoms with van der Waals surface area (Å²) in [5.74, 6) is 0.524. The van der Waals surface area contributed by atoms with Gasteiger partial charge in [0.2, 0.25) is 0 Å². The van der Waals surface area contributed by atoms with Crippen LogP contribution < -0.4 is 5.32 Å². The lowest BCUT2D eigenvalue weighted by Gasteiger charge is -2.29. The Morgan fingerprint density at radius 3 is 2.54 bits per heavy atom. The van der Waals surface area contributed by atoms with Crippen molar-refractivity contribution in [2.24, 2.45) is 5.92 Å². The van der Waals surface area contributed by atoms with E-state index in [1.165, 1.54) is 5.56 Å². The smallest absolute Gasteiger partial charge is 0.408 e. The molecule has 0 radical (unpaired) electrons. The van der Waals surface area contributed by atoms with Crippen LogP contribution in [0.4, 0.5) is 4.79 Å². The molecule has 1 heterocycles. The van der Waals surface area contributed by atoms with Crippen LogP contribution in [0, 0.1) is 5.92 Å². The summed E-state index contributed by atoms with van der Waals surface area (Å²) >= 11 is 0. The van der Waals surface area contributed by atoms with Crippen molar-refractivity contribution < 1.29 is 9.53 Å². The van der Waals surface area contributed by atoms with Gasteiger partial charge in [-0.15, -0.1) is 0 Å². The van der Waals surface area contributed by atoms with Gasteiger partial charge in [0, 0.05) is 18.1 Å². The minimum atomic E-state index is -0.441. The third-order valence-electron chi connectivity index (χ3n) is 5.37. The van der Waals surface area contributed by atoms with Crippen molar-refractivity contribution in [2.75, 3.05) is 13.1 Å². The molecule has 2 fully saturated rings. The molecular formula is C20H30N2O2. The lowest BCUT2D eigenvalue weighted by Crippen LogP contribution is -2.45. The van der Waals surface area contributed by atoms with Crippen LogP contribution in [0.5, 0.6) is 0 Å². The molecule has 1 aliphatic carbocycles. The predicted molar refractivity (Wildman–Crippen MR) is 95.9 cm³/mol. The van der Waals surface area contributed by atoms with Gasteiger partial charge in [-0.2, -0.15) is 0 Å². The number of alkyl carbamates (subject to hydrolysis) is 1. The van der Waals surface area contributed by atoms with E-state index in [0.29, 0.717) is 12.0 Å². The van der Waals surface area contributed by atoms with Gasteiger partial charge in [-0.3, -0.25) is 4.90 Å². The zero-order valence-corrected chi connectivity index (χ0v) is 15.3. The summed E-state index contributed by atoms with van der Waals surface area (Å²) in [6.07, 6.45) is 3.02. The van der Waals surface area contributed by atoms with Crippen LogP contribution in [0.15, 0.2) is 30.3 Å². The highest BCUT2D eigenvalue weighted by atomic mass is 16.6. The van der Waals surface area contributed by atoms with E-state index in [1.54, 1.807) is 0 Å². The average Bonchev–Trinajstić information content (AvgIpc) is 3.11. The maximum absolute atomic E-state index is 12.2. The number of hydrogen-bond donors (Lipinski definition) is 1. The van der Waals surface area contributed by atoms with E-state index in [9.17, 15) is 4.79 Å². The maximum atomic E-state index is 12.2. The molecule has 1 aromatic carbocycles. The van der Waals surface area contributed by atoms with Crippen LogP contribution >= 0.6 is 0 Å². The zero-order chi connectivity index (χ0) is 17.4. The summed E-state index contributed by atoms with van der Waals surface area (Å²) in [4.78, 5) is 14.7. The maximum Gasteiger partial charge on any atom is 0.408 e. The number of carbonyl (C=O) groups excluding carboxylic acids is 1. The summed E-state index contributed by atoms with van der Waals surface area (Å²) < 4.78 is 5.45. The van der Waals surface area contributed by atoms with Crippen molar-refractivity contribution in [1.29, 1.82) is 0 Å². The van der Waals surface area contributed by atoms with Crippen molar-refractivity contribution in [1.82, 2.24) is 10.2 Å². The van der Waals surface area contributed by atoms with Crippen LogP contribution in [0.1, 0.15) is 58.6 Å². The highest BCUT2D eigenvalue weighted by Crippen LogP contribution is 2.47. The van der Waals surface area contributed by atoms with Crippen molar-refractivity contribution in [3.05, 3.63) is 35.9 Å². The SMILES string of the molecule is C[C@@H](c1ccccc1)N1CC[C@@H](C2(NC(=O)OC(C)(C)C)CC2)C1. The third kappa shape index (κ3) is 3.92. The quantitative estimate of drug-likeness (QED) is 0.902. The molecule has 4 nitrogen and oxygen atoms in total. The Morgan fingerprint density at radius 2 is 1.96 bits per heavy atom. The van der Waals surface area contributed by atoms with Crippen molar-refractivity contribution in [3.63, 3.8) is 0 Å². The number of carbonyl (C=O) groups is 1. The molecule has 1 aromatic rings. The summed E-state index contributed by atoms with van der Waals surface area (Å²) in [6, 6.07) is 11.1. The fraction of sp³-hybridized carbons (Fsp3) is 0.650. The number of nitrogens with zero attached hydrogens (tertiary/aromatic N) is 1. The first-order valence-corrected chi connectivity index (χ1v) is 9.09. The minimum Gasteiger partial charge on any atom is -0.444 e. The van der Waals surface area contributed by atoms with Crippen LogP contribution in [0.25, 0.3) is 0 Å². The highest BCUT2D eigenvalue weighted by Gasteiger charge is 2.53. The zero-order valence-electron chi connectivity index (χ0n) is 15.3. The van der Waals surface area contributed by atoms with Crippen LogP contribution in [-0.4, -0.2) is 35.2 Å². The molecule has 0 spiro atoms. The summed E-state index contributed by atoms with van der Waals surface area (Å²) in [5, 5.41) is 3.18.